The first-order chi connectivity index (χ1) is 14.9. The van der Waals surface area contributed by atoms with Crippen LogP contribution >= 0.6 is 0 Å². The lowest BCUT2D eigenvalue weighted by atomic mass is 10.1. The molecular weight excluding hydrogens is 447 g/mol. The molecule has 178 valence electrons. The van der Waals surface area contributed by atoms with Gasteiger partial charge in [-0.3, -0.25) is 19.3 Å². The van der Waals surface area contributed by atoms with E-state index in [9.17, 15) is 36.3 Å². The summed E-state index contributed by atoms with van der Waals surface area (Å²) in [6.07, 6.45) is -4.72. The van der Waals surface area contributed by atoms with Crippen molar-refractivity contribution in [1.29, 1.82) is 0 Å². The molecule has 0 unspecified atom stereocenters. The number of nitrogens with zero attached hydrogens (tertiary/aromatic N) is 2. The van der Waals surface area contributed by atoms with Crippen LogP contribution in [0, 0.1) is 0 Å². The minimum atomic E-state index is -4.72. The second-order valence-corrected chi connectivity index (χ2v) is 6.63. The van der Waals surface area contributed by atoms with Gasteiger partial charge < -0.3 is 25.4 Å². The number of primary amides is 1. The van der Waals surface area contributed by atoms with E-state index in [2.05, 4.69) is 10.1 Å². The molecule has 14 heteroatoms. The fourth-order valence-electron chi connectivity index (χ4n) is 3.06. The monoisotopic (exact) mass is 468 g/mol. The molecule has 0 saturated carbocycles. The highest BCUT2D eigenvalue weighted by Gasteiger charge is 2.38. The Kier molecular flexibility index (Phi) is 8.32. The number of carbonyl (C=O) groups is 3. The average molecular weight is 468 g/mol. The largest absolute Gasteiger partial charge is 0.433 e. The lowest BCUT2D eigenvalue weighted by Gasteiger charge is -2.29. The van der Waals surface area contributed by atoms with E-state index < -0.39 is 48.8 Å². The Bertz CT molecular complexity index is 852. The van der Waals surface area contributed by atoms with Crippen LogP contribution in [0.1, 0.15) is 6.92 Å². The number of benzene rings is 1. The number of likely N-dealkylation sites (N-methyl/N-ethyl adjacent to an activating group) is 1. The third kappa shape index (κ3) is 6.75. The van der Waals surface area contributed by atoms with Gasteiger partial charge in [0.25, 0.3) is 11.8 Å². The minimum absolute atomic E-state index is 0.144. The summed E-state index contributed by atoms with van der Waals surface area (Å²) in [7, 11) is 0. The fraction of sp³-hybridized carbons (Fsp3) is 0.500. The van der Waals surface area contributed by atoms with E-state index in [-0.39, 0.29) is 37.7 Å². The van der Waals surface area contributed by atoms with Gasteiger partial charge in [-0.1, -0.05) is 6.92 Å². The van der Waals surface area contributed by atoms with E-state index in [0.717, 1.165) is 12.1 Å². The van der Waals surface area contributed by atoms with Gasteiger partial charge in [0.2, 0.25) is 5.91 Å². The van der Waals surface area contributed by atoms with Crippen LogP contribution < -0.4 is 20.7 Å². The van der Waals surface area contributed by atoms with Gasteiger partial charge in [0.1, 0.15) is 6.61 Å². The number of anilines is 2. The summed E-state index contributed by atoms with van der Waals surface area (Å²) in [5.41, 5.74) is 4.95. The molecule has 1 aliphatic rings. The quantitative estimate of drug-likeness (QED) is 0.418. The van der Waals surface area contributed by atoms with E-state index in [1.54, 1.807) is 0 Å². The molecule has 0 radical (unpaired) electrons. The van der Waals surface area contributed by atoms with Crippen molar-refractivity contribution >= 4 is 29.1 Å². The number of rotatable bonds is 9. The molecule has 2 rings (SSSR count). The summed E-state index contributed by atoms with van der Waals surface area (Å²) in [5.74, 6) is -3.62. The number of halogens is 5. The Morgan fingerprint density at radius 3 is 2.56 bits per heavy atom. The molecule has 3 amide bonds. The van der Waals surface area contributed by atoms with E-state index in [4.69, 9.17) is 10.5 Å². The summed E-state index contributed by atoms with van der Waals surface area (Å²) >= 11 is 0. The average Bonchev–Trinajstić information content (AvgIpc) is 2.67. The molecule has 1 fully saturated rings. The zero-order valence-electron chi connectivity index (χ0n) is 16.8. The highest BCUT2D eigenvalue weighted by Crippen LogP contribution is 2.32. The summed E-state index contributed by atoms with van der Waals surface area (Å²) in [5, 5.41) is 2.10. The molecule has 1 aromatic rings. The zero-order chi connectivity index (χ0) is 24.1. The van der Waals surface area contributed by atoms with E-state index in [1.807, 2.05) is 0 Å². The van der Waals surface area contributed by atoms with Gasteiger partial charge in [-0.2, -0.15) is 22.0 Å². The second kappa shape index (κ2) is 10.5. The molecule has 3 N–H and O–H groups in total. The Balaban J connectivity index is 2.32. The minimum Gasteiger partial charge on any atom is -0.433 e. The number of nitrogens with one attached hydrogen (secondary N) is 1. The number of carbonyl (C=O) groups excluding carboxylic acids is 3. The van der Waals surface area contributed by atoms with Gasteiger partial charge in [-0.25, -0.2) is 0 Å². The van der Waals surface area contributed by atoms with Crippen LogP contribution in [0.25, 0.3) is 0 Å². The van der Waals surface area contributed by atoms with Crippen molar-refractivity contribution in [2.75, 3.05) is 43.1 Å². The molecule has 9 nitrogen and oxygen atoms in total. The molecule has 0 aromatic heterocycles. The molecule has 1 heterocycles. The third-order valence-electron chi connectivity index (χ3n) is 4.41. The molecule has 1 aromatic carbocycles. The van der Waals surface area contributed by atoms with Crippen molar-refractivity contribution < 1.29 is 45.8 Å². The number of ether oxygens (including phenoxy) is 2. The maximum absolute atomic E-state index is 12.9. The highest BCUT2D eigenvalue weighted by atomic mass is 19.4. The predicted molar refractivity (Wildman–Crippen MR) is 101 cm³/mol. The molecular formula is C18H21F5N4O5. The van der Waals surface area contributed by atoms with Gasteiger partial charge in [-0.05, 0) is 18.7 Å². The second-order valence-electron chi connectivity index (χ2n) is 6.63. The van der Waals surface area contributed by atoms with Gasteiger partial charge in [0, 0.05) is 18.3 Å². The van der Waals surface area contributed by atoms with Crippen LogP contribution in [0.3, 0.4) is 0 Å². The Morgan fingerprint density at radius 2 is 2.03 bits per heavy atom. The third-order valence-corrected chi connectivity index (χ3v) is 4.41. The first kappa shape index (κ1) is 25.3. The van der Waals surface area contributed by atoms with Crippen molar-refractivity contribution in [3.63, 3.8) is 0 Å². The molecule has 1 aliphatic heterocycles. The zero-order valence-corrected chi connectivity index (χ0v) is 16.8. The van der Waals surface area contributed by atoms with Crippen molar-refractivity contribution in [3.8, 4) is 5.75 Å². The number of hydrogen-bond donors (Lipinski definition) is 2. The van der Waals surface area contributed by atoms with Crippen LogP contribution in [0.2, 0.25) is 0 Å². The van der Waals surface area contributed by atoms with E-state index in [1.165, 1.54) is 17.9 Å². The molecule has 0 spiro atoms. The summed E-state index contributed by atoms with van der Waals surface area (Å²) in [6.45, 7) is -3.83. The van der Waals surface area contributed by atoms with Crippen molar-refractivity contribution in [2.24, 2.45) is 5.73 Å². The normalized spacial score (nSPS) is 15.8. The van der Waals surface area contributed by atoms with Gasteiger partial charge in [0.05, 0.1) is 18.8 Å². The lowest BCUT2D eigenvalue weighted by Crippen LogP contribution is -2.54. The van der Waals surface area contributed by atoms with Crippen LogP contribution in [0.5, 0.6) is 5.75 Å². The molecule has 1 atom stereocenters. The Labute approximate surface area is 179 Å². The van der Waals surface area contributed by atoms with Crippen molar-refractivity contribution in [3.05, 3.63) is 18.2 Å². The van der Waals surface area contributed by atoms with E-state index in [0.29, 0.717) is 4.90 Å². The number of morpholine rings is 1. The maximum atomic E-state index is 12.9. The van der Waals surface area contributed by atoms with Crippen molar-refractivity contribution in [2.45, 2.75) is 25.8 Å². The van der Waals surface area contributed by atoms with E-state index >= 15 is 0 Å². The smallest absolute Gasteiger partial charge is 0.401 e. The van der Waals surface area contributed by atoms with Crippen LogP contribution in [-0.2, 0) is 19.1 Å². The van der Waals surface area contributed by atoms with Crippen LogP contribution in [0.4, 0.5) is 33.3 Å². The highest BCUT2D eigenvalue weighted by molar-refractivity contribution is 6.10. The van der Waals surface area contributed by atoms with Crippen molar-refractivity contribution in [1.82, 2.24) is 4.90 Å². The Hall–Kier alpha value is -3.00. The van der Waals surface area contributed by atoms with Gasteiger partial charge in [0.15, 0.2) is 11.8 Å². The lowest BCUT2D eigenvalue weighted by molar-refractivity contribution is -0.156. The first-order valence-corrected chi connectivity index (χ1v) is 9.31. The maximum Gasteiger partial charge on any atom is 0.401 e. The molecule has 0 aliphatic carbocycles. The topological polar surface area (TPSA) is 114 Å². The standard InChI is InChI=1S/C18H21F5N4O5/c1-2-26(9-18(21,22)23)14(15(24)29)16(30)25-11-4-3-10(7-12(11)32-17(19)20)27-5-6-31-8-13(27)28/h3-4,7,14,17H,2,5-6,8-9H2,1H3,(H2,24,29)(H,25,30)/t14-/m0/s1. The molecule has 1 saturated heterocycles. The number of alkyl halides is 5. The summed E-state index contributed by atoms with van der Waals surface area (Å²) in [4.78, 5) is 38.0. The predicted octanol–water partition coefficient (Wildman–Crippen LogP) is 1.33. The van der Waals surface area contributed by atoms with Crippen LogP contribution in [-0.4, -0.2) is 74.3 Å². The number of hydrogen-bond acceptors (Lipinski definition) is 6. The summed E-state index contributed by atoms with van der Waals surface area (Å²) in [6, 6.07) is 1.45. The fourth-order valence-corrected chi connectivity index (χ4v) is 3.06. The first-order valence-electron chi connectivity index (χ1n) is 9.31. The number of amides is 3. The van der Waals surface area contributed by atoms with Crippen LogP contribution in [0.15, 0.2) is 18.2 Å². The van der Waals surface area contributed by atoms with Gasteiger partial charge in [-0.15, -0.1) is 0 Å². The molecule has 32 heavy (non-hydrogen) atoms. The molecule has 0 bridgehead atoms. The number of nitrogens with two attached hydrogens (primary N) is 1. The summed E-state index contributed by atoms with van der Waals surface area (Å²) < 4.78 is 73.6. The SMILES string of the molecule is CCN(CC(F)(F)F)[C@@H](C(N)=O)C(=O)Nc1ccc(N2CCOCC2=O)cc1OC(F)F. The Morgan fingerprint density at radius 1 is 1.34 bits per heavy atom. The van der Waals surface area contributed by atoms with Gasteiger partial charge >= 0.3 is 12.8 Å².